The molecule has 2 N–H and O–H groups in total. The lowest BCUT2D eigenvalue weighted by molar-refractivity contribution is 0.0635. The first-order valence-electron chi connectivity index (χ1n) is 10.7. The molecule has 34 heavy (non-hydrogen) atoms. The number of amides is 2. The zero-order chi connectivity index (χ0) is 24.1. The number of carbonyl (C=O) groups excluding carboxylic acids is 2. The van der Waals surface area contributed by atoms with Crippen molar-refractivity contribution in [3.8, 4) is 5.75 Å². The average Bonchev–Trinajstić information content (AvgIpc) is 3.24. The van der Waals surface area contributed by atoms with E-state index in [0.29, 0.717) is 22.7 Å². The third-order valence-electron chi connectivity index (χ3n) is 4.64. The molecule has 8 nitrogen and oxygen atoms in total. The Kier molecular flexibility index (Phi) is 6.49. The number of carbonyl (C=O) groups is 2. The largest absolute Gasteiger partial charge is 0.483 e. The summed E-state index contributed by atoms with van der Waals surface area (Å²) in [5.74, 6) is 0.149. The molecule has 2 heterocycles. The number of nitrogens with one attached hydrogen (secondary N) is 2. The number of aromatic nitrogens is 1. The first kappa shape index (κ1) is 22.8. The van der Waals surface area contributed by atoms with E-state index >= 15 is 0 Å². The molecule has 0 aliphatic carbocycles. The van der Waals surface area contributed by atoms with Gasteiger partial charge in [0.1, 0.15) is 12.2 Å². The molecule has 0 saturated heterocycles. The first-order valence-corrected chi connectivity index (χ1v) is 10.7. The van der Waals surface area contributed by atoms with Crippen molar-refractivity contribution in [2.75, 3.05) is 10.6 Å². The quantitative estimate of drug-likeness (QED) is 0.366. The highest BCUT2D eigenvalue weighted by molar-refractivity contribution is 6.07. The summed E-state index contributed by atoms with van der Waals surface area (Å²) in [6, 6.07) is 19.5. The van der Waals surface area contributed by atoms with Gasteiger partial charge in [-0.2, -0.15) is 0 Å². The number of hydrogen-bond donors (Lipinski definition) is 2. The summed E-state index contributed by atoms with van der Waals surface area (Å²) in [4.78, 5) is 29.4. The molecule has 0 spiro atoms. The Morgan fingerprint density at radius 3 is 2.38 bits per heavy atom. The van der Waals surface area contributed by atoms with Crippen LogP contribution in [0.5, 0.6) is 5.75 Å². The van der Waals surface area contributed by atoms with Crippen molar-refractivity contribution in [3.63, 3.8) is 0 Å². The average molecular weight is 460 g/mol. The minimum atomic E-state index is -0.646. The highest BCUT2D eigenvalue weighted by atomic mass is 16.6. The Bertz CT molecular complexity index is 1310. The summed E-state index contributed by atoms with van der Waals surface area (Å²) in [5.41, 5.74) is 1.40. The Labute approximate surface area is 196 Å². The molecule has 4 rings (SSSR count). The van der Waals surface area contributed by atoms with Crippen molar-refractivity contribution in [1.82, 2.24) is 4.98 Å². The van der Waals surface area contributed by atoms with Gasteiger partial charge in [0.05, 0.1) is 17.1 Å². The van der Waals surface area contributed by atoms with Gasteiger partial charge >= 0.3 is 6.09 Å². The second-order valence-electron chi connectivity index (χ2n) is 8.52. The normalized spacial score (nSPS) is 11.1. The van der Waals surface area contributed by atoms with Gasteiger partial charge in [-0.05, 0) is 57.2 Å². The van der Waals surface area contributed by atoms with E-state index in [-0.39, 0.29) is 12.4 Å². The van der Waals surface area contributed by atoms with E-state index < -0.39 is 17.6 Å². The molecular formula is C26H25N3O5. The van der Waals surface area contributed by atoms with E-state index in [1.165, 1.54) is 0 Å². The third-order valence-corrected chi connectivity index (χ3v) is 4.64. The molecular weight excluding hydrogens is 434 g/mol. The number of rotatable bonds is 6. The van der Waals surface area contributed by atoms with Crippen molar-refractivity contribution in [3.05, 3.63) is 84.4 Å². The van der Waals surface area contributed by atoms with E-state index in [0.717, 1.165) is 11.1 Å². The number of nitrogens with zero attached hydrogens (tertiary/aromatic N) is 1. The monoisotopic (exact) mass is 459 g/mol. The Morgan fingerprint density at radius 2 is 1.68 bits per heavy atom. The van der Waals surface area contributed by atoms with Crippen LogP contribution in [0.2, 0.25) is 0 Å². The molecule has 2 aromatic carbocycles. The number of pyridine rings is 1. The molecule has 8 heteroatoms. The molecule has 0 bridgehead atoms. The lowest BCUT2D eigenvalue weighted by atomic mass is 10.2. The molecule has 0 aliphatic heterocycles. The van der Waals surface area contributed by atoms with Crippen molar-refractivity contribution in [1.29, 1.82) is 0 Å². The molecule has 2 aromatic heterocycles. The molecule has 0 radical (unpaired) electrons. The van der Waals surface area contributed by atoms with Crippen LogP contribution in [-0.4, -0.2) is 22.6 Å². The van der Waals surface area contributed by atoms with Gasteiger partial charge in [0, 0.05) is 11.6 Å². The highest BCUT2D eigenvalue weighted by Crippen LogP contribution is 2.30. The van der Waals surface area contributed by atoms with Gasteiger partial charge in [0.15, 0.2) is 17.1 Å². The second-order valence-corrected chi connectivity index (χ2v) is 8.52. The van der Waals surface area contributed by atoms with Crippen LogP contribution in [0.3, 0.4) is 0 Å². The van der Waals surface area contributed by atoms with Crippen LogP contribution in [0.25, 0.3) is 11.0 Å². The van der Waals surface area contributed by atoms with Crippen LogP contribution in [0, 0.1) is 0 Å². The maximum Gasteiger partial charge on any atom is 0.412 e. The van der Waals surface area contributed by atoms with Crippen LogP contribution >= 0.6 is 0 Å². The summed E-state index contributed by atoms with van der Waals surface area (Å²) >= 11 is 0. The lowest BCUT2D eigenvalue weighted by Gasteiger charge is -2.20. The predicted molar refractivity (Wildman–Crippen MR) is 129 cm³/mol. The van der Waals surface area contributed by atoms with Gasteiger partial charge in [-0.15, -0.1) is 0 Å². The van der Waals surface area contributed by atoms with E-state index in [4.69, 9.17) is 13.9 Å². The Hall–Kier alpha value is -4.33. The molecule has 0 fully saturated rings. The smallest absolute Gasteiger partial charge is 0.412 e. The number of para-hydroxylation sites is 3. The topological polar surface area (TPSA) is 103 Å². The predicted octanol–water partition coefficient (Wildman–Crippen LogP) is 6.01. The fourth-order valence-corrected chi connectivity index (χ4v) is 3.20. The number of furan rings is 1. The Balaban J connectivity index is 1.50. The van der Waals surface area contributed by atoms with Crippen molar-refractivity contribution < 1.29 is 23.5 Å². The lowest BCUT2D eigenvalue weighted by Crippen LogP contribution is -2.27. The van der Waals surface area contributed by atoms with E-state index in [1.807, 2.05) is 30.3 Å². The fourth-order valence-electron chi connectivity index (χ4n) is 3.20. The molecule has 0 aliphatic rings. The van der Waals surface area contributed by atoms with Crippen molar-refractivity contribution in [2.45, 2.75) is 33.0 Å². The first-order chi connectivity index (χ1) is 16.3. The SMILES string of the molecule is CC(C)(C)OC(=O)Nc1ccccc1NC(=O)c1cc2cccc(OCc3ccccn3)c2o1. The number of fused-ring (bicyclic) bond motifs is 1. The minimum absolute atomic E-state index is 0.107. The number of ether oxygens (including phenoxy) is 2. The number of benzene rings is 2. The van der Waals surface area contributed by atoms with Crippen LogP contribution < -0.4 is 15.4 Å². The molecule has 0 atom stereocenters. The molecule has 0 saturated carbocycles. The van der Waals surface area contributed by atoms with E-state index in [2.05, 4.69) is 15.6 Å². The number of hydrogen-bond acceptors (Lipinski definition) is 6. The number of anilines is 2. The zero-order valence-corrected chi connectivity index (χ0v) is 19.1. The summed E-state index contributed by atoms with van der Waals surface area (Å²) in [7, 11) is 0. The van der Waals surface area contributed by atoms with Crippen LogP contribution in [0.4, 0.5) is 16.2 Å². The fraction of sp³-hybridized carbons (Fsp3) is 0.192. The zero-order valence-electron chi connectivity index (χ0n) is 19.1. The van der Waals surface area contributed by atoms with Crippen LogP contribution in [0.1, 0.15) is 37.0 Å². The van der Waals surface area contributed by atoms with Gasteiger partial charge in [-0.1, -0.05) is 30.3 Å². The van der Waals surface area contributed by atoms with Crippen molar-refractivity contribution >= 4 is 34.3 Å². The summed E-state index contributed by atoms with van der Waals surface area (Å²) in [6.45, 7) is 5.59. The standard InChI is InChI=1S/C26H25N3O5/c1-26(2,3)34-25(31)29-20-12-5-4-11-19(20)28-24(30)22-15-17-9-8-13-21(23(17)33-22)32-16-18-10-6-7-14-27-18/h4-15H,16H2,1-3H3,(H,28,30)(H,29,31). The van der Waals surface area contributed by atoms with Gasteiger partial charge in [0.2, 0.25) is 0 Å². The van der Waals surface area contributed by atoms with Crippen LogP contribution in [0.15, 0.2) is 77.3 Å². The van der Waals surface area contributed by atoms with Gasteiger partial charge < -0.3 is 19.2 Å². The molecule has 0 unspecified atom stereocenters. The Morgan fingerprint density at radius 1 is 0.941 bits per heavy atom. The maximum atomic E-state index is 12.9. The van der Waals surface area contributed by atoms with E-state index in [1.54, 1.807) is 63.4 Å². The summed E-state index contributed by atoms with van der Waals surface area (Å²) < 4.78 is 17.0. The summed E-state index contributed by atoms with van der Waals surface area (Å²) in [6.07, 6.45) is 1.08. The van der Waals surface area contributed by atoms with Crippen LogP contribution in [-0.2, 0) is 11.3 Å². The van der Waals surface area contributed by atoms with Gasteiger partial charge in [0.25, 0.3) is 5.91 Å². The highest BCUT2D eigenvalue weighted by Gasteiger charge is 2.19. The molecule has 4 aromatic rings. The van der Waals surface area contributed by atoms with Crippen molar-refractivity contribution in [2.24, 2.45) is 0 Å². The molecule has 2 amide bonds. The molecule has 174 valence electrons. The minimum Gasteiger partial charge on any atom is -0.483 e. The summed E-state index contributed by atoms with van der Waals surface area (Å²) in [5, 5.41) is 6.16. The maximum absolute atomic E-state index is 12.9. The van der Waals surface area contributed by atoms with Gasteiger partial charge in [-0.25, -0.2) is 4.79 Å². The van der Waals surface area contributed by atoms with E-state index in [9.17, 15) is 9.59 Å². The second kappa shape index (κ2) is 9.66. The third kappa shape index (κ3) is 5.72. The van der Waals surface area contributed by atoms with Gasteiger partial charge in [-0.3, -0.25) is 15.1 Å².